The molecule has 0 fully saturated rings. The van der Waals surface area contributed by atoms with Gasteiger partial charge in [0.05, 0.1) is 11.1 Å². The molecular formula is C16H12Cl2F2N2O3. The fraction of sp³-hybridized carbons (Fsp3) is 0.125. The van der Waals surface area contributed by atoms with Gasteiger partial charge in [0, 0.05) is 5.69 Å². The molecule has 0 bridgehead atoms. The van der Waals surface area contributed by atoms with Crippen LogP contribution < -0.4 is 15.8 Å². The Bertz CT molecular complexity index is 783. The lowest BCUT2D eigenvalue weighted by atomic mass is 10.1. The van der Waals surface area contributed by atoms with E-state index in [0.29, 0.717) is 5.69 Å². The molecule has 0 atom stereocenters. The van der Waals surface area contributed by atoms with Crippen molar-refractivity contribution < 1.29 is 23.1 Å². The lowest BCUT2D eigenvalue weighted by Crippen LogP contribution is -2.32. The van der Waals surface area contributed by atoms with Crippen LogP contribution >= 0.6 is 23.2 Å². The first-order valence-corrected chi connectivity index (χ1v) is 7.73. The summed E-state index contributed by atoms with van der Waals surface area (Å²) in [6, 6.07) is 11.1. The van der Waals surface area contributed by atoms with Gasteiger partial charge in [-0.2, -0.15) is 8.78 Å². The number of halogens is 4. The predicted molar refractivity (Wildman–Crippen MR) is 90.4 cm³/mol. The van der Waals surface area contributed by atoms with E-state index < -0.39 is 22.8 Å². The van der Waals surface area contributed by atoms with Gasteiger partial charge in [-0.25, -0.2) is 0 Å². The molecule has 0 radical (unpaired) electrons. The second-order valence-corrected chi connectivity index (χ2v) is 5.95. The number of carbonyl (C=O) groups excluding carboxylic acids is 2. The van der Waals surface area contributed by atoms with Crippen molar-refractivity contribution in [3.8, 4) is 5.75 Å². The van der Waals surface area contributed by atoms with Gasteiger partial charge in [-0.3, -0.25) is 9.59 Å². The number of hydrogen-bond donors (Lipinski definition) is 2. The molecular weight excluding hydrogens is 377 g/mol. The second-order valence-electron chi connectivity index (χ2n) is 4.85. The van der Waals surface area contributed by atoms with Crippen LogP contribution in [0, 0.1) is 0 Å². The fourth-order valence-corrected chi connectivity index (χ4v) is 1.99. The van der Waals surface area contributed by atoms with E-state index in [-0.39, 0.29) is 16.9 Å². The lowest BCUT2D eigenvalue weighted by molar-refractivity contribution is -0.163. The summed E-state index contributed by atoms with van der Waals surface area (Å²) in [6.07, 6.45) is -3.76. The third-order valence-electron chi connectivity index (χ3n) is 3.06. The van der Waals surface area contributed by atoms with Crippen LogP contribution in [0.25, 0.3) is 0 Å². The van der Waals surface area contributed by atoms with Crippen molar-refractivity contribution in [3.63, 3.8) is 0 Å². The van der Waals surface area contributed by atoms with E-state index in [0.717, 1.165) is 0 Å². The normalized spacial score (nSPS) is 11.2. The fourth-order valence-electron chi connectivity index (χ4n) is 1.90. The summed E-state index contributed by atoms with van der Waals surface area (Å²) in [5.74, 6) is -1.50. The molecule has 0 spiro atoms. The van der Waals surface area contributed by atoms with E-state index in [1.165, 1.54) is 36.4 Å². The van der Waals surface area contributed by atoms with Gasteiger partial charge in [0.1, 0.15) is 5.75 Å². The zero-order chi connectivity index (χ0) is 18.6. The topological polar surface area (TPSA) is 81.4 Å². The lowest BCUT2D eigenvalue weighted by Gasteiger charge is -2.18. The number of ether oxygens (including phenoxy) is 1. The Balaban J connectivity index is 2.12. The molecule has 0 heterocycles. The first-order chi connectivity index (χ1) is 11.7. The first-order valence-electron chi connectivity index (χ1n) is 6.86. The van der Waals surface area contributed by atoms with Crippen LogP contribution in [-0.4, -0.2) is 22.8 Å². The largest absolute Gasteiger partial charge is 0.431 e. The smallest absolute Gasteiger partial charge is 0.428 e. The number of primary amides is 1. The number of carbonyl (C=O) groups is 2. The summed E-state index contributed by atoms with van der Waals surface area (Å²) < 4.78 is 31.0. The Morgan fingerprint density at radius 3 is 2.12 bits per heavy atom. The molecule has 2 aromatic carbocycles. The number of rotatable bonds is 6. The Morgan fingerprint density at radius 1 is 1.04 bits per heavy atom. The summed E-state index contributed by atoms with van der Waals surface area (Å²) in [4.78, 5) is 21.6. The predicted octanol–water partition coefficient (Wildman–Crippen LogP) is 3.81. The van der Waals surface area contributed by atoms with Gasteiger partial charge >= 0.3 is 6.11 Å². The Morgan fingerprint density at radius 2 is 1.60 bits per heavy atom. The molecule has 0 aliphatic heterocycles. The number of hydrogen-bond acceptors (Lipinski definition) is 3. The average Bonchev–Trinajstić information content (AvgIpc) is 2.56. The van der Waals surface area contributed by atoms with Crippen molar-refractivity contribution >= 4 is 40.7 Å². The summed E-state index contributed by atoms with van der Waals surface area (Å²) in [5.41, 5.74) is 5.68. The van der Waals surface area contributed by atoms with E-state index in [1.807, 2.05) is 0 Å². The van der Waals surface area contributed by atoms with Gasteiger partial charge in [-0.1, -0.05) is 35.3 Å². The first kappa shape index (κ1) is 19.0. The minimum absolute atomic E-state index is 0.0647. The minimum Gasteiger partial charge on any atom is -0.431 e. The van der Waals surface area contributed by atoms with Gasteiger partial charge in [0.15, 0.2) is 0 Å². The molecule has 25 heavy (non-hydrogen) atoms. The van der Waals surface area contributed by atoms with Gasteiger partial charge in [0.25, 0.3) is 5.91 Å². The van der Waals surface area contributed by atoms with Crippen LogP contribution in [0.15, 0.2) is 48.5 Å². The van der Waals surface area contributed by atoms with E-state index in [1.54, 1.807) is 12.1 Å². The highest BCUT2D eigenvalue weighted by atomic mass is 35.5. The van der Waals surface area contributed by atoms with E-state index in [9.17, 15) is 18.4 Å². The van der Waals surface area contributed by atoms with E-state index in [4.69, 9.17) is 28.9 Å². The van der Waals surface area contributed by atoms with Crippen LogP contribution in [0.2, 0.25) is 0 Å². The number of anilines is 1. The van der Waals surface area contributed by atoms with Crippen molar-refractivity contribution in [3.05, 3.63) is 59.7 Å². The maximum Gasteiger partial charge on any atom is 0.428 e. The highest BCUT2D eigenvalue weighted by molar-refractivity contribution is 6.44. The van der Waals surface area contributed by atoms with Crippen molar-refractivity contribution in [2.75, 3.05) is 5.32 Å². The minimum atomic E-state index is -3.76. The summed E-state index contributed by atoms with van der Waals surface area (Å²) in [5, 5.41) is 2.52. The number of nitrogens with two attached hydrogens (primary N) is 1. The molecule has 2 amide bonds. The maximum absolute atomic E-state index is 13.3. The average molecular weight is 389 g/mol. The molecule has 0 aromatic heterocycles. The molecule has 0 aliphatic rings. The van der Waals surface area contributed by atoms with Gasteiger partial charge in [-0.05, 0) is 36.4 Å². The quantitative estimate of drug-likeness (QED) is 0.738. The van der Waals surface area contributed by atoms with Gasteiger partial charge in [-0.15, -0.1) is 0 Å². The molecule has 0 saturated carbocycles. The number of benzene rings is 2. The molecule has 0 unspecified atom stereocenters. The molecule has 0 aliphatic carbocycles. The molecule has 9 heteroatoms. The standard InChI is InChI=1S/C16H12Cl2F2N2O3/c17-15(18)16(19,20)25-10-7-5-9(6-8-10)22-14(24)12-4-2-1-3-11(12)13(21)23/h1-8,15H,(H2,21,23)(H,22,24). The summed E-state index contributed by atoms with van der Waals surface area (Å²) >= 11 is 10.2. The Kier molecular flexibility index (Phi) is 5.81. The summed E-state index contributed by atoms with van der Waals surface area (Å²) in [6.45, 7) is 0. The van der Waals surface area contributed by atoms with Gasteiger partial charge in [0.2, 0.25) is 10.7 Å². The third kappa shape index (κ3) is 4.80. The van der Waals surface area contributed by atoms with Gasteiger partial charge < -0.3 is 15.8 Å². The molecule has 2 rings (SSSR count). The van der Waals surface area contributed by atoms with Crippen LogP contribution in [0.4, 0.5) is 14.5 Å². The molecule has 3 N–H and O–H groups in total. The van der Waals surface area contributed by atoms with Crippen molar-refractivity contribution in [1.82, 2.24) is 0 Å². The zero-order valence-corrected chi connectivity index (χ0v) is 14.0. The SMILES string of the molecule is NC(=O)c1ccccc1C(=O)Nc1ccc(OC(F)(F)C(Cl)Cl)cc1. The van der Waals surface area contributed by atoms with Crippen molar-refractivity contribution in [1.29, 1.82) is 0 Å². The monoisotopic (exact) mass is 388 g/mol. The zero-order valence-electron chi connectivity index (χ0n) is 12.5. The number of alkyl halides is 4. The second kappa shape index (κ2) is 7.67. The van der Waals surface area contributed by atoms with E-state index in [2.05, 4.69) is 10.1 Å². The number of amides is 2. The Labute approximate surface area is 151 Å². The molecule has 2 aromatic rings. The van der Waals surface area contributed by atoms with Crippen LogP contribution in [0.1, 0.15) is 20.7 Å². The molecule has 5 nitrogen and oxygen atoms in total. The maximum atomic E-state index is 13.3. The van der Waals surface area contributed by atoms with Crippen molar-refractivity contribution in [2.45, 2.75) is 10.9 Å². The highest BCUT2D eigenvalue weighted by Crippen LogP contribution is 2.30. The van der Waals surface area contributed by atoms with Crippen LogP contribution in [0.5, 0.6) is 5.75 Å². The molecule has 132 valence electrons. The van der Waals surface area contributed by atoms with Crippen molar-refractivity contribution in [2.24, 2.45) is 5.73 Å². The highest BCUT2D eigenvalue weighted by Gasteiger charge is 2.40. The Hall–Kier alpha value is -2.38. The van der Waals surface area contributed by atoms with Crippen LogP contribution in [-0.2, 0) is 0 Å². The van der Waals surface area contributed by atoms with Crippen LogP contribution in [0.3, 0.4) is 0 Å². The van der Waals surface area contributed by atoms with E-state index >= 15 is 0 Å². The third-order valence-corrected chi connectivity index (χ3v) is 3.57. The number of nitrogens with one attached hydrogen (secondary N) is 1. The molecule has 0 saturated heterocycles. The summed E-state index contributed by atoms with van der Waals surface area (Å²) in [7, 11) is 0.